The van der Waals surface area contributed by atoms with Crippen molar-refractivity contribution >= 4 is 19.1 Å². The van der Waals surface area contributed by atoms with Gasteiger partial charge < -0.3 is 4.34 Å². The first-order valence-corrected chi connectivity index (χ1v) is 7.73. The Bertz CT molecular complexity index is 529. The molecule has 0 bridgehead atoms. The van der Waals surface area contributed by atoms with Crippen LogP contribution in [0.3, 0.4) is 0 Å². The van der Waals surface area contributed by atoms with Gasteiger partial charge >= 0.3 is 0 Å². The SMILES string of the molecule is CC(C)(C)P(n1cnc2ccccc21)C(C)(C)C. The van der Waals surface area contributed by atoms with Crippen LogP contribution in [0.1, 0.15) is 41.5 Å². The van der Waals surface area contributed by atoms with E-state index in [4.69, 9.17) is 0 Å². The number of nitrogens with zero attached hydrogens (tertiary/aromatic N) is 2. The van der Waals surface area contributed by atoms with Gasteiger partial charge in [0.05, 0.1) is 17.4 Å². The van der Waals surface area contributed by atoms with Crippen LogP contribution in [0.5, 0.6) is 0 Å². The van der Waals surface area contributed by atoms with Crippen LogP contribution in [0.25, 0.3) is 11.0 Å². The molecule has 0 N–H and O–H groups in total. The standard InChI is InChI=1S/C15H23N2P/c1-14(2,3)18(15(4,5)6)17-11-16-12-9-7-8-10-13(12)17/h7-11H,1-6H3. The van der Waals surface area contributed by atoms with Crippen molar-refractivity contribution in [2.75, 3.05) is 0 Å². The van der Waals surface area contributed by atoms with Crippen LogP contribution in [0, 0.1) is 0 Å². The molecule has 2 nitrogen and oxygen atoms in total. The maximum atomic E-state index is 4.55. The molecule has 0 spiro atoms. The maximum Gasteiger partial charge on any atom is 0.0992 e. The van der Waals surface area contributed by atoms with E-state index in [-0.39, 0.29) is 18.4 Å². The topological polar surface area (TPSA) is 17.8 Å². The number of para-hydroxylation sites is 2. The van der Waals surface area contributed by atoms with Crippen LogP contribution in [0.15, 0.2) is 30.6 Å². The highest BCUT2D eigenvalue weighted by Gasteiger charge is 2.36. The predicted molar refractivity (Wildman–Crippen MR) is 81.6 cm³/mol. The molecule has 0 atom stereocenters. The first-order valence-electron chi connectivity index (χ1n) is 6.44. The molecule has 1 aromatic heterocycles. The first-order chi connectivity index (χ1) is 8.21. The molecule has 1 aromatic carbocycles. The maximum absolute atomic E-state index is 4.55. The van der Waals surface area contributed by atoms with Gasteiger partial charge in [-0.05, 0) is 12.1 Å². The second kappa shape index (κ2) is 4.35. The highest BCUT2D eigenvalue weighted by molar-refractivity contribution is 7.59. The van der Waals surface area contributed by atoms with E-state index in [1.165, 1.54) is 5.52 Å². The van der Waals surface area contributed by atoms with E-state index in [2.05, 4.69) is 75.1 Å². The Kier molecular flexibility index (Phi) is 3.27. The smallest absolute Gasteiger partial charge is 0.0992 e. The van der Waals surface area contributed by atoms with Gasteiger partial charge in [-0.2, -0.15) is 0 Å². The third kappa shape index (κ3) is 2.44. The monoisotopic (exact) mass is 262 g/mol. The summed E-state index contributed by atoms with van der Waals surface area (Å²) in [6, 6.07) is 8.41. The quantitative estimate of drug-likeness (QED) is 0.670. The van der Waals surface area contributed by atoms with Gasteiger partial charge in [0.25, 0.3) is 0 Å². The molecule has 3 heteroatoms. The second-order valence-electron chi connectivity index (χ2n) is 6.73. The number of imidazole rings is 1. The van der Waals surface area contributed by atoms with Gasteiger partial charge in [-0.15, -0.1) is 0 Å². The Morgan fingerprint density at radius 3 is 2.06 bits per heavy atom. The van der Waals surface area contributed by atoms with Gasteiger partial charge in [0.1, 0.15) is 0 Å². The molecule has 0 aliphatic rings. The third-order valence-electron chi connectivity index (χ3n) is 2.92. The van der Waals surface area contributed by atoms with E-state index in [0.29, 0.717) is 0 Å². The van der Waals surface area contributed by atoms with Crippen molar-refractivity contribution in [3.05, 3.63) is 30.6 Å². The molecule has 2 rings (SSSR count). The Morgan fingerprint density at radius 2 is 1.50 bits per heavy atom. The molecule has 0 aliphatic carbocycles. The van der Waals surface area contributed by atoms with Crippen molar-refractivity contribution in [3.63, 3.8) is 0 Å². The van der Waals surface area contributed by atoms with Crippen molar-refractivity contribution in [2.24, 2.45) is 0 Å². The van der Waals surface area contributed by atoms with Crippen molar-refractivity contribution in [2.45, 2.75) is 51.9 Å². The average molecular weight is 262 g/mol. The lowest BCUT2D eigenvalue weighted by Crippen LogP contribution is -2.28. The third-order valence-corrected chi connectivity index (χ3v) is 6.21. The molecule has 2 aromatic rings. The molecule has 0 unspecified atom stereocenters. The molecule has 1 heterocycles. The summed E-state index contributed by atoms with van der Waals surface area (Å²) in [5, 5.41) is 0.522. The van der Waals surface area contributed by atoms with Gasteiger partial charge in [0.2, 0.25) is 0 Å². The van der Waals surface area contributed by atoms with Crippen LogP contribution in [0.2, 0.25) is 0 Å². The summed E-state index contributed by atoms with van der Waals surface area (Å²) in [4.78, 5) is 4.55. The zero-order chi connectivity index (χ0) is 13.6. The fourth-order valence-corrected chi connectivity index (χ4v) is 6.60. The Morgan fingerprint density at radius 1 is 0.944 bits per heavy atom. The van der Waals surface area contributed by atoms with Crippen LogP contribution < -0.4 is 0 Å². The van der Waals surface area contributed by atoms with E-state index < -0.39 is 0 Å². The summed E-state index contributed by atoms with van der Waals surface area (Å²) in [5.41, 5.74) is 2.35. The second-order valence-corrected chi connectivity index (χ2v) is 10.5. The Balaban J connectivity index is 2.63. The highest BCUT2D eigenvalue weighted by atomic mass is 31.1. The Hall–Kier alpha value is -0.880. The zero-order valence-corrected chi connectivity index (χ0v) is 13.1. The molecule has 0 aliphatic heterocycles. The van der Waals surface area contributed by atoms with Crippen molar-refractivity contribution < 1.29 is 0 Å². The van der Waals surface area contributed by atoms with Gasteiger partial charge in [-0.25, -0.2) is 4.98 Å². The lowest BCUT2D eigenvalue weighted by Gasteiger charge is -2.41. The highest BCUT2D eigenvalue weighted by Crippen LogP contribution is 2.60. The minimum Gasteiger partial charge on any atom is -0.307 e. The predicted octanol–water partition coefficient (Wildman–Crippen LogP) is 4.88. The fraction of sp³-hybridized carbons (Fsp3) is 0.533. The molecule has 0 radical (unpaired) electrons. The number of rotatable bonds is 1. The van der Waals surface area contributed by atoms with Gasteiger partial charge in [-0.1, -0.05) is 53.7 Å². The van der Waals surface area contributed by atoms with E-state index in [1.54, 1.807) is 0 Å². The number of fused-ring (bicyclic) bond motifs is 1. The molecule has 18 heavy (non-hydrogen) atoms. The number of hydrogen-bond acceptors (Lipinski definition) is 1. The fourth-order valence-electron chi connectivity index (χ4n) is 2.76. The molecule has 98 valence electrons. The summed E-state index contributed by atoms with van der Waals surface area (Å²) < 4.78 is 2.41. The van der Waals surface area contributed by atoms with Crippen LogP contribution >= 0.6 is 8.07 Å². The van der Waals surface area contributed by atoms with Crippen molar-refractivity contribution in [3.8, 4) is 0 Å². The van der Waals surface area contributed by atoms with Gasteiger partial charge in [0, 0.05) is 18.4 Å². The zero-order valence-electron chi connectivity index (χ0n) is 12.2. The summed E-state index contributed by atoms with van der Waals surface area (Å²) in [6.45, 7) is 14.0. The lowest BCUT2D eigenvalue weighted by molar-refractivity contribution is 0.694. The van der Waals surface area contributed by atoms with E-state index in [1.807, 2.05) is 6.33 Å². The molecular formula is C15H23N2P. The van der Waals surface area contributed by atoms with Gasteiger partial charge in [0.15, 0.2) is 0 Å². The number of aromatic nitrogens is 2. The Labute approximate surface area is 111 Å². The summed E-state index contributed by atoms with van der Waals surface area (Å²) >= 11 is 0. The molecular weight excluding hydrogens is 239 g/mol. The summed E-state index contributed by atoms with van der Waals surface area (Å²) in [7, 11) is -0.346. The van der Waals surface area contributed by atoms with E-state index in [9.17, 15) is 0 Å². The number of benzene rings is 1. The lowest BCUT2D eigenvalue weighted by atomic mass is 10.2. The molecule has 0 amide bonds. The minimum atomic E-state index is -0.346. The van der Waals surface area contributed by atoms with Crippen LogP contribution in [-0.4, -0.2) is 19.6 Å². The van der Waals surface area contributed by atoms with Crippen molar-refractivity contribution in [1.82, 2.24) is 9.32 Å². The van der Waals surface area contributed by atoms with Crippen molar-refractivity contribution in [1.29, 1.82) is 0 Å². The molecule has 0 saturated heterocycles. The largest absolute Gasteiger partial charge is 0.307 e. The van der Waals surface area contributed by atoms with Crippen LogP contribution in [-0.2, 0) is 0 Å². The van der Waals surface area contributed by atoms with Crippen LogP contribution in [0.4, 0.5) is 0 Å². The van der Waals surface area contributed by atoms with Gasteiger partial charge in [-0.3, -0.25) is 0 Å². The molecule has 0 saturated carbocycles. The first kappa shape index (κ1) is 13.5. The average Bonchev–Trinajstić information content (AvgIpc) is 2.58. The molecule has 0 fully saturated rings. The summed E-state index contributed by atoms with van der Waals surface area (Å²) in [5.74, 6) is 0. The minimum absolute atomic E-state index is 0.261. The summed E-state index contributed by atoms with van der Waals surface area (Å²) in [6.07, 6.45) is 2.02. The normalized spacial score (nSPS) is 13.5. The van der Waals surface area contributed by atoms with E-state index in [0.717, 1.165) is 5.52 Å². The number of hydrogen-bond donors (Lipinski definition) is 0. The van der Waals surface area contributed by atoms with E-state index >= 15 is 0 Å².